The van der Waals surface area contributed by atoms with Gasteiger partial charge < -0.3 is 10.2 Å². The van der Waals surface area contributed by atoms with Crippen molar-refractivity contribution in [1.82, 2.24) is 20.0 Å². The minimum Gasteiger partial charge on any atom is -0.335 e. The van der Waals surface area contributed by atoms with Crippen molar-refractivity contribution in [2.24, 2.45) is 7.05 Å². The van der Waals surface area contributed by atoms with Gasteiger partial charge in [0.15, 0.2) is 0 Å². The van der Waals surface area contributed by atoms with Crippen LogP contribution in [0.3, 0.4) is 0 Å². The third-order valence-corrected chi connectivity index (χ3v) is 7.08. The van der Waals surface area contributed by atoms with Crippen molar-refractivity contribution in [3.05, 3.63) is 72.1 Å². The standard InChI is InChI=1S/C25H26N4O/c1-28-24(10-11-26-28)19-13-20-8-9-21(14-19)29(20)25(30)27-23-15-22(23)18-7-6-16-4-2-3-5-17(16)12-18/h2-7,10-13,20-23H,8-9,14-15H2,1H3,(H,27,30)/t20?,21?,22-,23+/m0/s1. The minimum absolute atomic E-state index is 0.107. The lowest BCUT2D eigenvalue weighted by molar-refractivity contribution is 0.179. The van der Waals surface area contributed by atoms with Crippen LogP contribution in [-0.4, -0.2) is 38.8 Å². The molecule has 5 nitrogen and oxygen atoms in total. The van der Waals surface area contributed by atoms with Crippen LogP contribution < -0.4 is 5.32 Å². The second kappa shape index (κ2) is 6.73. The lowest BCUT2D eigenvalue weighted by atomic mass is 9.99. The van der Waals surface area contributed by atoms with Crippen LogP contribution in [-0.2, 0) is 7.05 Å². The number of aryl methyl sites for hydroxylation is 1. The van der Waals surface area contributed by atoms with E-state index in [0.717, 1.165) is 25.7 Å². The van der Waals surface area contributed by atoms with E-state index in [4.69, 9.17) is 0 Å². The number of aromatic nitrogens is 2. The van der Waals surface area contributed by atoms with Crippen molar-refractivity contribution in [2.45, 2.75) is 49.7 Å². The Balaban J connectivity index is 1.15. The molecule has 3 aromatic rings. The summed E-state index contributed by atoms with van der Waals surface area (Å²) in [4.78, 5) is 15.2. The highest BCUT2D eigenvalue weighted by Crippen LogP contribution is 2.43. The van der Waals surface area contributed by atoms with E-state index in [-0.39, 0.29) is 18.1 Å². The van der Waals surface area contributed by atoms with Crippen LogP contribution in [0.5, 0.6) is 0 Å². The van der Waals surface area contributed by atoms with Gasteiger partial charge in [0.05, 0.1) is 11.7 Å². The Morgan fingerprint density at radius 2 is 1.97 bits per heavy atom. The van der Waals surface area contributed by atoms with Crippen molar-refractivity contribution in [1.29, 1.82) is 0 Å². The number of amides is 2. The fraction of sp³-hybridized carbons (Fsp3) is 0.360. The smallest absolute Gasteiger partial charge is 0.318 e. The maximum atomic E-state index is 13.1. The van der Waals surface area contributed by atoms with E-state index < -0.39 is 0 Å². The van der Waals surface area contributed by atoms with Gasteiger partial charge in [0.1, 0.15) is 0 Å². The van der Waals surface area contributed by atoms with Crippen molar-refractivity contribution < 1.29 is 4.79 Å². The van der Waals surface area contributed by atoms with Gasteiger partial charge in [-0.1, -0.05) is 48.5 Å². The lowest BCUT2D eigenvalue weighted by Crippen LogP contribution is -2.49. The molecule has 3 heterocycles. The fourth-order valence-corrected chi connectivity index (χ4v) is 5.42. The quantitative estimate of drug-likeness (QED) is 0.708. The van der Waals surface area contributed by atoms with Gasteiger partial charge in [-0.15, -0.1) is 0 Å². The second-order valence-electron chi connectivity index (χ2n) is 8.95. The molecule has 1 N–H and O–H groups in total. The minimum atomic E-state index is 0.107. The molecule has 2 bridgehead atoms. The Labute approximate surface area is 176 Å². The number of hydrogen-bond acceptors (Lipinski definition) is 2. The fourth-order valence-electron chi connectivity index (χ4n) is 5.42. The van der Waals surface area contributed by atoms with E-state index >= 15 is 0 Å². The van der Waals surface area contributed by atoms with Gasteiger partial charge in [0.25, 0.3) is 0 Å². The molecule has 3 aliphatic rings. The Morgan fingerprint density at radius 3 is 2.77 bits per heavy atom. The first-order chi connectivity index (χ1) is 14.7. The van der Waals surface area contributed by atoms with Crippen molar-refractivity contribution in [2.75, 3.05) is 0 Å². The molecule has 1 saturated carbocycles. The van der Waals surface area contributed by atoms with E-state index in [9.17, 15) is 4.79 Å². The van der Waals surface area contributed by atoms with Crippen LogP contribution in [0.2, 0.25) is 0 Å². The zero-order chi connectivity index (χ0) is 20.2. The SMILES string of the molecule is Cn1nccc1C1=CC2CCC(C1)N2C(=O)N[C@@H]1C[C@H]1c1ccc2ccccc2c1. The molecule has 1 aliphatic carbocycles. The molecule has 0 radical (unpaired) electrons. The second-order valence-corrected chi connectivity index (χ2v) is 8.95. The highest BCUT2D eigenvalue weighted by atomic mass is 16.2. The highest BCUT2D eigenvalue weighted by Gasteiger charge is 2.44. The van der Waals surface area contributed by atoms with E-state index in [0.29, 0.717) is 12.0 Å². The topological polar surface area (TPSA) is 50.2 Å². The molecule has 1 aromatic heterocycles. The van der Waals surface area contributed by atoms with Gasteiger partial charge in [0, 0.05) is 31.2 Å². The number of benzene rings is 2. The zero-order valence-corrected chi connectivity index (χ0v) is 17.2. The molecule has 0 spiro atoms. The molecule has 2 amide bonds. The van der Waals surface area contributed by atoms with Gasteiger partial charge in [-0.05, 0) is 53.7 Å². The van der Waals surface area contributed by atoms with Crippen molar-refractivity contribution in [3.63, 3.8) is 0 Å². The highest BCUT2D eigenvalue weighted by molar-refractivity contribution is 5.83. The average molecular weight is 399 g/mol. The number of hydrogen-bond donors (Lipinski definition) is 1. The summed E-state index contributed by atoms with van der Waals surface area (Å²) in [7, 11) is 1.98. The van der Waals surface area contributed by atoms with Crippen LogP contribution >= 0.6 is 0 Å². The largest absolute Gasteiger partial charge is 0.335 e. The van der Waals surface area contributed by atoms with E-state index in [2.05, 4.69) is 69.9 Å². The Kier molecular flexibility index (Phi) is 3.98. The molecule has 6 rings (SSSR count). The van der Waals surface area contributed by atoms with Crippen LogP contribution in [0.4, 0.5) is 4.79 Å². The molecule has 5 heteroatoms. The van der Waals surface area contributed by atoms with E-state index in [1.54, 1.807) is 0 Å². The first-order valence-corrected chi connectivity index (χ1v) is 10.9. The summed E-state index contributed by atoms with van der Waals surface area (Å²) in [5.74, 6) is 0.432. The number of nitrogens with one attached hydrogen (secondary N) is 1. The Hall–Kier alpha value is -3.08. The summed E-state index contributed by atoms with van der Waals surface area (Å²) in [5, 5.41) is 10.2. The number of fused-ring (bicyclic) bond motifs is 3. The maximum absolute atomic E-state index is 13.1. The van der Waals surface area contributed by atoms with Gasteiger partial charge >= 0.3 is 6.03 Å². The monoisotopic (exact) mass is 398 g/mol. The predicted octanol–water partition coefficient (Wildman–Crippen LogP) is 4.46. The average Bonchev–Trinajstić information content (AvgIpc) is 3.30. The summed E-state index contributed by atoms with van der Waals surface area (Å²) in [6, 6.07) is 18.1. The Bertz CT molecular complexity index is 1160. The molecule has 2 fully saturated rings. The number of nitrogens with zero attached hydrogens (tertiary/aromatic N) is 3. The Morgan fingerprint density at radius 1 is 1.10 bits per heavy atom. The summed E-state index contributed by atoms with van der Waals surface area (Å²) in [6.45, 7) is 0. The zero-order valence-electron chi connectivity index (χ0n) is 17.2. The number of carbonyl (C=O) groups is 1. The number of urea groups is 1. The lowest BCUT2D eigenvalue weighted by Gasteiger charge is -2.34. The van der Waals surface area contributed by atoms with Crippen molar-refractivity contribution in [3.8, 4) is 0 Å². The number of carbonyl (C=O) groups excluding carboxylic acids is 1. The van der Waals surface area contributed by atoms with Crippen LogP contribution in [0.1, 0.15) is 42.9 Å². The normalized spacial score (nSPS) is 27.2. The van der Waals surface area contributed by atoms with E-state index in [1.807, 2.05) is 17.9 Å². The third-order valence-electron chi connectivity index (χ3n) is 7.08. The first-order valence-electron chi connectivity index (χ1n) is 10.9. The van der Waals surface area contributed by atoms with Crippen LogP contribution in [0.15, 0.2) is 60.8 Å². The third kappa shape index (κ3) is 2.92. The van der Waals surface area contributed by atoms with Gasteiger partial charge in [-0.3, -0.25) is 4.68 Å². The maximum Gasteiger partial charge on any atom is 0.318 e. The van der Waals surface area contributed by atoms with Gasteiger partial charge in [0.2, 0.25) is 0 Å². The first kappa shape index (κ1) is 17.8. The number of rotatable bonds is 3. The molecule has 2 aromatic carbocycles. The molecule has 30 heavy (non-hydrogen) atoms. The van der Waals surface area contributed by atoms with Crippen molar-refractivity contribution >= 4 is 22.4 Å². The summed E-state index contributed by atoms with van der Waals surface area (Å²) >= 11 is 0. The summed E-state index contributed by atoms with van der Waals surface area (Å²) in [6.07, 6.45) is 8.21. The van der Waals surface area contributed by atoms with Gasteiger partial charge in [-0.25, -0.2) is 4.79 Å². The molecule has 4 atom stereocenters. The molecule has 1 saturated heterocycles. The summed E-state index contributed by atoms with van der Waals surface area (Å²) in [5.41, 5.74) is 3.83. The van der Waals surface area contributed by atoms with Crippen LogP contribution in [0, 0.1) is 0 Å². The van der Waals surface area contributed by atoms with Crippen LogP contribution in [0.25, 0.3) is 16.3 Å². The summed E-state index contributed by atoms with van der Waals surface area (Å²) < 4.78 is 1.93. The molecule has 2 aliphatic heterocycles. The molecular formula is C25H26N4O. The molecular weight excluding hydrogens is 372 g/mol. The van der Waals surface area contributed by atoms with Gasteiger partial charge in [-0.2, -0.15) is 5.10 Å². The predicted molar refractivity (Wildman–Crippen MR) is 118 cm³/mol. The van der Waals surface area contributed by atoms with E-state index in [1.165, 1.54) is 27.6 Å². The molecule has 152 valence electrons. The molecule has 2 unspecified atom stereocenters.